The molecule has 1 saturated carbocycles. The first-order valence-electron chi connectivity index (χ1n) is 11.5. The lowest BCUT2D eigenvalue weighted by molar-refractivity contribution is 0.441. The first kappa shape index (κ1) is 21.0. The predicted octanol–water partition coefficient (Wildman–Crippen LogP) is 3.55. The standard InChI is InChI=1S/C24H25N9S/c1-15(2)29-19-10-20(21-4-3-17-9-16(11-25)12-28-33(17)21)26-13-18(19)22-30-31-23(34-22)32-8-7-27-24(14-32)5-6-24/h3-4,9-10,12-13,15,27H,5-8,14H2,1-2H3,(H,26,29). The third-order valence-electron chi connectivity index (χ3n) is 6.38. The fourth-order valence-corrected chi connectivity index (χ4v) is 5.40. The van der Waals surface area contributed by atoms with Crippen molar-refractivity contribution < 1.29 is 0 Å². The van der Waals surface area contributed by atoms with E-state index in [0.29, 0.717) is 11.1 Å². The van der Waals surface area contributed by atoms with Gasteiger partial charge in [-0.05, 0) is 51.0 Å². The van der Waals surface area contributed by atoms with Gasteiger partial charge in [-0.3, -0.25) is 4.98 Å². The summed E-state index contributed by atoms with van der Waals surface area (Å²) in [5, 5.41) is 31.7. The van der Waals surface area contributed by atoms with Gasteiger partial charge >= 0.3 is 0 Å². The van der Waals surface area contributed by atoms with Crippen LogP contribution in [0.15, 0.2) is 36.7 Å². The number of nitrogens with zero attached hydrogens (tertiary/aromatic N) is 7. The molecule has 0 atom stereocenters. The summed E-state index contributed by atoms with van der Waals surface area (Å²) in [4.78, 5) is 7.12. The predicted molar refractivity (Wildman–Crippen MR) is 133 cm³/mol. The van der Waals surface area contributed by atoms with Crippen LogP contribution < -0.4 is 15.5 Å². The molecule has 0 aromatic carbocycles. The number of piperazine rings is 1. The first-order chi connectivity index (χ1) is 16.5. The average Bonchev–Trinajstić information content (AvgIpc) is 3.24. The third kappa shape index (κ3) is 3.77. The van der Waals surface area contributed by atoms with Crippen LogP contribution in [0, 0.1) is 11.3 Å². The van der Waals surface area contributed by atoms with E-state index in [-0.39, 0.29) is 6.04 Å². The number of hydrogen-bond donors (Lipinski definition) is 2. The maximum atomic E-state index is 9.16. The Kier molecular flexibility index (Phi) is 4.97. The van der Waals surface area contributed by atoms with Crippen molar-refractivity contribution in [3.63, 3.8) is 0 Å². The van der Waals surface area contributed by atoms with E-state index in [1.807, 2.05) is 35.0 Å². The van der Waals surface area contributed by atoms with Crippen LogP contribution in [0.3, 0.4) is 0 Å². The lowest BCUT2D eigenvalue weighted by Gasteiger charge is -2.33. The highest BCUT2D eigenvalue weighted by Crippen LogP contribution is 2.41. The lowest BCUT2D eigenvalue weighted by atomic mass is 10.1. The molecule has 2 fully saturated rings. The Morgan fingerprint density at radius 3 is 2.88 bits per heavy atom. The van der Waals surface area contributed by atoms with Crippen molar-refractivity contribution in [2.45, 2.75) is 38.3 Å². The summed E-state index contributed by atoms with van der Waals surface area (Å²) in [6.45, 7) is 7.16. The highest BCUT2D eigenvalue weighted by atomic mass is 32.1. The Balaban J connectivity index is 1.35. The summed E-state index contributed by atoms with van der Waals surface area (Å²) < 4.78 is 1.81. The van der Waals surface area contributed by atoms with Crippen molar-refractivity contribution in [3.05, 3.63) is 42.2 Å². The second kappa shape index (κ2) is 8.04. The van der Waals surface area contributed by atoms with E-state index < -0.39 is 0 Å². The van der Waals surface area contributed by atoms with Crippen LogP contribution in [-0.2, 0) is 0 Å². The van der Waals surface area contributed by atoms with Crippen molar-refractivity contribution in [2.24, 2.45) is 0 Å². The molecule has 10 heteroatoms. The molecule has 4 aromatic rings. The van der Waals surface area contributed by atoms with Crippen molar-refractivity contribution in [3.8, 4) is 28.0 Å². The summed E-state index contributed by atoms with van der Waals surface area (Å²) in [6, 6.07) is 10.2. The van der Waals surface area contributed by atoms with Gasteiger partial charge in [-0.2, -0.15) is 10.4 Å². The fourth-order valence-electron chi connectivity index (χ4n) is 4.51. The third-order valence-corrected chi connectivity index (χ3v) is 7.40. The molecule has 0 radical (unpaired) electrons. The molecule has 6 rings (SSSR count). The molecule has 2 N–H and O–H groups in total. The Bertz CT molecular complexity index is 1410. The van der Waals surface area contributed by atoms with Crippen molar-refractivity contribution in [2.75, 3.05) is 29.9 Å². The molecular formula is C24H25N9S. The van der Waals surface area contributed by atoms with Crippen LogP contribution in [0.4, 0.5) is 10.8 Å². The molecule has 4 aromatic heterocycles. The van der Waals surface area contributed by atoms with Crippen molar-refractivity contribution >= 4 is 27.7 Å². The molecule has 5 heterocycles. The quantitative estimate of drug-likeness (QED) is 0.455. The Hall–Kier alpha value is -3.55. The number of fused-ring (bicyclic) bond motifs is 1. The molecule has 2 aliphatic rings. The van der Waals surface area contributed by atoms with Gasteiger partial charge in [0.15, 0.2) is 5.01 Å². The molecule has 0 amide bonds. The second-order valence-electron chi connectivity index (χ2n) is 9.34. The minimum atomic E-state index is 0.240. The number of nitrogens with one attached hydrogen (secondary N) is 2. The lowest BCUT2D eigenvalue weighted by Crippen LogP contribution is -2.52. The molecule has 0 unspecified atom stereocenters. The molecule has 9 nitrogen and oxygen atoms in total. The topological polar surface area (TPSA) is 107 Å². The minimum absolute atomic E-state index is 0.240. The van der Waals surface area contributed by atoms with E-state index >= 15 is 0 Å². The summed E-state index contributed by atoms with van der Waals surface area (Å²) >= 11 is 1.62. The van der Waals surface area contributed by atoms with Crippen LogP contribution in [0.5, 0.6) is 0 Å². The Morgan fingerprint density at radius 1 is 1.21 bits per heavy atom. The first-order valence-corrected chi connectivity index (χ1v) is 12.3. The minimum Gasteiger partial charge on any atom is -0.382 e. The number of anilines is 2. The molecule has 1 aliphatic carbocycles. The number of nitriles is 1. The van der Waals surface area contributed by atoms with E-state index in [9.17, 15) is 0 Å². The second-order valence-corrected chi connectivity index (χ2v) is 10.3. The van der Waals surface area contributed by atoms with E-state index in [1.54, 1.807) is 17.5 Å². The van der Waals surface area contributed by atoms with Gasteiger partial charge in [-0.15, -0.1) is 10.2 Å². The van der Waals surface area contributed by atoms with Crippen LogP contribution in [0.25, 0.3) is 27.5 Å². The zero-order valence-corrected chi connectivity index (χ0v) is 19.9. The largest absolute Gasteiger partial charge is 0.382 e. The fraction of sp³-hybridized carbons (Fsp3) is 0.375. The van der Waals surface area contributed by atoms with Crippen molar-refractivity contribution in [1.82, 2.24) is 30.1 Å². The summed E-state index contributed by atoms with van der Waals surface area (Å²) in [5.41, 5.74) is 5.25. The maximum absolute atomic E-state index is 9.16. The zero-order chi connectivity index (χ0) is 23.3. The highest BCUT2D eigenvalue weighted by Gasteiger charge is 2.46. The SMILES string of the molecule is CC(C)Nc1cc(-c2ccc3cc(C#N)cnn23)ncc1-c1nnc(N2CCNC3(CC3)C2)s1. The number of hydrogen-bond acceptors (Lipinski definition) is 9. The number of aromatic nitrogens is 5. The smallest absolute Gasteiger partial charge is 0.208 e. The molecule has 1 spiro atoms. The molecule has 1 aliphatic heterocycles. The van der Waals surface area contributed by atoms with Gasteiger partial charge in [0.1, 0.15) is 6.07 Å². The van der Waals surface area contributed by atoms with Crippen LogP contribution >= 0.6 is 11.3 Å². The number of pyridine rings is 1. The van der Waals surface area contributed by atoms with Gasteiger partial charge in [-0.25, -0.2) is 4.52 Å². The summed E-state index contributed by atoms with van der Waals surface area (Å²) in [6.07, 6.45) is 5.92. The summed E-state index contributed by atoms with van der Waals surface area (Å²) in [7, 11) is 0. The monoisotopic (exact) mass is 471 g/mol. The maximum Gasteiger partial charge on any atom is 0.208 e. The zero-order valence-electron chi connectivity index (χ0n) is 19.1. The molecule has 34 heavy (non-hydrogen) atoms. The summed E-state index contributed by atoms with van der Waals surface area (Å²) in [5.74, 6) is 0. The molecular weight excluding hydrogens is 446 g/mol. The van der Waals surface area contributed by atoms with Gasteiger partial charge in [-0.1, -0.05) is 11.3 Å². The van der Waals surface area contributed by atoms with Gasteiger partial charge in [0.25, 0.3) is 0 Å². The Morgan fingerprint density at radius 2 is 2.09 bits per heavy atom. The van der Waals surface area contributed by atoms with E-state index in [2.05, 4.69) is 50.7 Å². The van der Waals surface area contributed by atoms with Gasteiger partial charge in [0.05, 0.1) is 34.2 Å². The number of rotatable bonds is 5. The van der Waals surface area contributed by atoms with E-state index in [1.165, 1.54) is 12.8 Å². The van der Waals surface area contributed by atoms with Crippen LogP contribution in [0.2, 0.25) is 0 Å². The average molecular weight is 472 g/mol. The van der Waals surface area contributed by atoms with Crippen LogP contribution in [-0.4, -0.2) is 56.0 Å². The van der Waals surface area contributed by atoms with E-state index in [4.69, 9.17) is 10.2 Å². The van der Waals surface area contributed by atoms with Crippen molar-refractivity contribution in [1.29, 1.82) is 5.26 Å². The molecule has 1 saturated heterocycles. The van der Waals surface area contributed by atoms with Gasteiger partial charge < -0.3 is 15.5 Å². The normalized spacial score (nSPS) is 16.8. The van der Waals surface area contributed by atoms with Gasteiger partial charge in [0.2, 0.25) is 5.13 Å². The van der Waals surface area contributed by atoms with Crippen LogP contribution in [0.1, 0.15) is 32.3 Å². The highest BCUT2D eigenvalue weighted by molar-refractivity contribution is 7.18. The van der Waals surface area contributed by atoms with Gasteiger partial charge in [0, 0.05) is 43.1 Å². The Labute approximate surface area is 201 Å². The molecule has 172 valence electrons. The molecule has 0 bridgehead atoms. The van der Waals surface area contributed by atoms with E-state index in [0.717, 1.165) is 57.9 Å².